The minimum absolute atomic E-state index is 0. The Hall–Kier alpha value is -3.82. The van der Waals surface area contributed by atoms with Crippen LogP contribution in [0.1, 0.15) is 31.2 Å². The summed E-state index contributed by atoms with van der Waals surface area (Å²) in [5, 5.41) is 4.67. The Morgan fingerprint density at radius 1 is 0.930 bits per heavy atom. The molecule has 0 spiro atoms. The van der Waals surface area contributed by atoms with E-state index in [-0.39, 0.29) is 36.9 Å². The largest absolute Gasteiger partial charge is 0.356 e. The first-order chi connectivity index (χ1) is 20.6. The molecule has 2 saturated heterocycles. The van der Waals surface area contributed by atoms with E-state index in [2.05, 4.69) is 21.3 Å². The monoisotopic (exact) mass is 619 g/mol. The molecule has 0 aliphatic carbocycles. The third-order valence-electron chi connectivity index (χ3n) is 8.91. The zero-order valence-corrected chi connectivity index (χ0v) is 25.5. The molecule has 0 bridgehead atoms. The van der Waals surface area contributed by atoms with Crippen LogP contribution in [0.2, 0.25) is 5.02 Å². The predicted octanol–water partition coefficient (Wildman–Crippen LogP) is 5.85. The highest BCUT2D eigenvalue weighted by molar-refractivity contribution is 6.33. The fourth-order valence-electron chi connectivity index (χ4n) is 6.69. The van der Waals surface area contributed by atoms with Crippen molar-refractivity contribution < 1.29 is 9.59 Å². The highest BCUT2D eigenvalue weighted by Gasteiger charge is 2.32. The van der Waals surface area contributed by atoms with E-state index >= 15 is 0 Å². The molecule has 2 fully saturated rings. The summed E-state index contributed by atoms with van der Waals surface area (Å²) in [6, 6.07) is 15.8. The van der Waals surface area contributed by atoms with Gasteiger partial charge in [0, 0.05) is 66.8 Å². The molecule has 7 rings (SSSR count). The van der Waals surface area contributed by atoms with Gasteiger partial charge in [0.05, 0.1) is 5.39 Å². The molecular weight excluding hydrogens is 585 g/mol. The Kier molecular flexibility index (Phi) is 8.45. The highest BCUT2D eigenvalue weighted by atomic mass is 35.5. The van der Waals surface area contributed by atoms with Gasteiger partial charge in [-0.2, -0.15) is 0 Å². The number of benzene rings is 2. The number of nitrogens with one attached hydrogen (secondary N) is 1. The van der Waals surface area contributed by atoms with Crippen LogP contribution in [0.25, 0.3) is 22.2 Å². The highest BCUT2D eigenvalue weighted by Crippen LogP contribution is 2.39. The fraction of sp³-hybridized carbons (Fsp3) is 0.375. The lowest BCUT2D eigenvalue weighted by Gasteiger charge is -2.38. The van der Waals surface area contributed by atoms with Gasteiger partial charge in [0.1, 0.15) is 24.3 Å². The van der Waals surface area contributed by atoms with Gasteiger partial charge in [-0.3, -0.25) is 4.79 Å². The Bertz CT molecular complexity index is 1640. The van der Waals surface area contributed by atoms with Gasteiger partial charge in [-0.15, -0.1) is 12.4 Å². The third-order valence-corrected chi connectivity index (χ3v) is 9.24. The maximum absolute atomic E-state index is 13.6. The van der Waals surface area contributed by atoms with E-state index in [4.69, 9.17) is 16.6 Å². The molecule has 0 saturated carbocycles. The van der Waals surface area contributed by atoms with E-state index in [0.717, 1.165) is 84.4 Å². The average Bonchev–Trinajstić information content (AvgIpc) is 3.64. The molecule has 0 radical (unpaired) electrons. The first kappa shape index (κ1) is 29.3. The fourth-order valence-corrected chi connectivity index (χ4v) is 6.93. The van der Waals surface area contributed by atoms with Gasteiger partial charge in [-0.1, -0.05) is 48.0 Å². The second kappa shape index (κ2) is 12.4. The first-order valence-electron chi connectivity index (χ1n) is 14.8. The minimum atomic E-state index is -0.0517. The van der Waals surface area contributed by atoms with Crippen molar-refractivity contribution in [2.24, 2.45) is 0 Å². The van der Waals surface area contributed by atoms with E-state index in [1.165, 1.54) is 0 Å². The van der Waals surface area contributed by atoms with Crippen LogP contribution in [-0.2, 0) is 17.8 Å². The lowest BCUT2D eigenvalue weighted by molar-refractivity contribution is -0.133. The van der Waals surface area contributed by atoms with E-state index < -0.39 is 0 Å². The van der Waals surface area contributed by atoms with Crippen molar-refractivity contribution in [1.82, 2.24) is 24.3 Å². The number of nitrogens with zero attached hydrogens (tertiary/aromatic N) is 6. The number of aromatic nitrogens is 3. The SMILES string of the molecule is Cl.O=C(Cn1cc(-c2ccccc2Cl)c2c(N3CCCC3)ncnc21)N1CCC(N2CCc3ccccc3NC2=O)CC1. The minimum Gasteiger partial charge on any atom is -0.356 e. The Labute approximate surface area is 262 Å². The van der Waals surface area contributed by atoms with Gasteiger partial charge in [0.25, 0.3) is 0 Å². The molecule has 0 unspecified atom stereocenters. The normalized spacial score (nSPS) is 17.4. The van der Waals surface area contributed by atoms with Crippen molar-refractivity contribution >= 4 is 58.5 Å². The number of carbonyl (C=O) groups excluding carboxylic acids is 2. The van der Waals surface area contributed by atoms with Crippen molar-refractivity contribution in [3.8, 4) is 11.1 Å². The molecule has 0 atom stereocenters. The summed E-state index contributed by atoms with van der Waals surface area (Å²) in [7, 11) is 0. The molecule has 5 heterocycles. The smallest absolute Gasteiger partial charge is 0.322 e. The number of carbonyl (C=O) groups is 2. The summed E-state index contributed by atoms with van der Waals surface area (Å²) in [4.78, 5) is 42.2. The summed E-state index contributed by atoms with van der Waals surface area (Å²) in [5.74, 6) is 0.947. The van der Waals surface area contributed by atoms with Crippen LogP contribution in [0.3, 0.4) is 0 Å². The molecule has 2 aromatic heterocycles. The molecule has 4 aromatic rings. The van der Waals surface area contributed by atoms with Crippen molar-refractivity contribution in [2.75, 3.05) is 42.9 Å². The number of piperidine rings is 1. The van der Waals surface area contributed by atoms with Gasteiger partial charge >= 0.3 is 6.03 Å². The van der Waals surface area contributed by atoms with Crippen molar-refractivity contribution in [1.29, 1.82) is 0 Å². The summed E-state index contributed by atoms with van der Waals surface area (Å²) < 4.78 is 1.95. The molecule has 3 amide bonds. The van der Waals surface area contributed by atoms with Gasteiger partial charge in [0.2, 0.25) is 5.91 Å². The zero-order valence-electron chi connectivity index (χ0n) is 23.9. The van der Waals surface area contributed by atoms with Crippen LogP contribution >= 0.6 is 24.0 Å². The molecule has 3 aliphatic heterocycles. The summed E-state index contributed by atoms with van der Waals surface area (Å²) in [6.07, 6.45) is 8.21. The molecule has 43 heavy (non-hydrogen) atoms. The van der Waals surface area contributed by atoms with E-state index in [9.17, 15) is 9.59 Å². The van der Waals surface area contributed by atoms with E-state index in [1.807, 2.05) is 63.0 Å². The molecule has 224 valence electrons. The lowest BCUT2D eigenvalue weighted by atomic mass is 10.0. The average molecular weight is 621 g/mol. The maximum Gasteiger partial charge on any atom is 0.322 e. The van der Waals surface area contributed by atoms with Gasteiger partial charge in [-0.25, -0.2) is 14.8 Å². The second-order valence-electron chi connectivity index (χ2n) is 11.4. The summed E-state index contributed by atoms with van der Waals surface area (Å²) in [6.45, 7) is 4.00. The summed E-state index contributed by atoms with van der Waals surface area (Å²) >= 11 is 6.66. The lowest BCUT2D eigenvalue weighted by Crippen LogP contribution is -2.50. The number of rotatable bonds is 5. The van der Waals surface area contributed by atoms with Crippen LogP contribution in [-0.4, -0.2) is 75.0 Å². The number of hydrogen-bond acceptors (Lipinski definition) is 5. The third kappa shape index (κ3) is 5.63. The standard InChI is InChI=1S/C32H34ClN7O2.ClH/c33-26-9-3-2-8-24(26)25-19-39(31-29(25)30(34-21-35-31)38-14-5-6-15-38)20-28(41)37-16-12-23(13-17-37)40-18-11-22-7-1-4-10-27(22)36-32(40)42;/h1-4,7-10,19,21,23H,5-6,11-18,20H2,(H,36,42);1H. The number of halogens is 2. The number of para-hydroxylation sites is 1. The molecular formula is C32H35Cl2N7O2. The molecule has 1 N–H and O–H groups in total. The Balaban J connectivity index is 0.00000329. The quantitative estimate of drug-likeness (QED) is 0.303. The molecule has 3 aliphatic rings. The van der Waals surface area contributed by atoms with Gasteiger partial charge < -0.3 is 24.6 Å². The van der Waals surface area contributed by atoms with Gasteiger partial charge in [0.15, 0.2) is 0 Å². The Morgan fingerprint density at radius 2 is 1.67 bits per heavy atom. The number of likely N-dealkylation sites (tertiary alicyclic amines) is 1. The van der Waals surface area contributed by atoms with E-state index in [0.29, 0.717) is 24.7 Å². The second-order valence-corrected chi connectivity index (χ2v) is 11.8. The van der Waals surface area contributed by atoms with Crippen molar-refractivity contribution in [3.63, 3.8) is 0 Å². The van der Waals surface area contributed by atoms with Crippen LogP contribution in [0.15, 0.2) is 61.1 Å². The maximum atomic E-state index is 13.6. The number of urea groups is 1. The Morgan fingerprint density at radius 3 is 2.47 bits per heavy atom. The van der Waals surface area contributed by atoms with Crippen LogP contribution in [0, 0.1) is 0 Å². The number of anilines is 2. The van der Waals surface area contributed by atoms with Gasteiger partial charge in [-0.05, 0) is 49.8 Å². The van der Waals surface area contributed by atoms with Crippen LogP contribution in [0.5, 0.6) is 0 Å². The predicted molar refractivity (Wildman–Crippen MR) is 172 cm³/mol. The van der Waals surface area contributed by atoms with Crippen LogP contribution in [0.4, 0.5) is 16.3 Å². The summed E-state index contributed by atoms with van der Waals surface area (Å²) in [5.41, 5.74) is 4.64. The van der Waals surface area contributed by atoms with Crippen LogP contribution < -0.4 is 10.2 Å². The molecule has 11 heteroatoms. The van der Waals surface area contributed by atoms with Crippen molar-refractivity contribution in [3.05, 3.63) is 71.6 Å². The number of hydrogen-bond donors (Lipinski definition) is 1. The van der Waals surface area contributed by atoms with Crippen molar-refractivity contribution in [2.45, 2.75) is 44.7 Å². The zero-order chi connectivity index (χ0) is 28.6. The van der Waals surface area contributed by atoms with E-state index in [1.54, 1.807) is 6.33 Å². The first-order valence-corrected chi connectivity index (χ1v) is 15.2. The number of amides is 3. The molecule has 9 nitrogen and oxygen atoms in total. The number of fused-ring (bicyclic) bond motifs is 2. The molecule has 2 aromatic carbocycles. The topological polar surface area (TPSA) is 86.6 Å².